The van der Waals surface area contributed by atoms with Crippen molar-refractivity contribution in [3.8, 4) is 0 Å². The van der Waals surface area contributed by atoms with E-state index < -0.39 is 0 Å². The molecule has 1 heteroatoms. The standard InChI is InChI=1S/C11H10N/c1-9-5-2-3-6-10(9)11-7-4-8-12-11/h2-8H,1H3. The van der Waals surface area contributed by atoms with Gasteiger partial charge in [0.25, 0.3) is 0 Å². The minimum atomic E-state index is 1.06. The molecule has 2 rings (SSSR count). The van der Waals surface area contributed by atoms with Gasteiger partial charge in [0.15, 0.2) is 0 Å². The molecular formula is C11H10N. The van der Waals surface area contributed by atoms with Crippen LogP contribution in [0.1, 0.15) is 11.1 Å². The highest BCUT2D eigenvalue weighted by Gasteiger charge is 2.05. The van der Waals surface area contributed by atoms with Crippen molar-refractivity contribution in [2.24, 2.45) is 0 Å². The predicted octanol–water partition coefficient (Wildman–Crippen LogP) is 2.47. The number of nitrogens with zero attached hydrogens (tertiary/aromatic N) is 1. The van der Waals surface area contributed by atoms with Crippen LogP contribution in [0.15, 0.2) is 42.6 Å². The third-order valence-corrected chi connectivity index (χ3v) is 1.97. The Morgan fingerprint density at radius 3 is 2.67 bits per heavy atom. The summed E-state index contributed by atoms with van der Waals surface area (Å²) in [6, 6.07) is 8.28. The number of hydrogen-bond donors (Lipinski definition) is 0. The molecule has 0 N–H and O–H groups in total. The normalized spacial score (nSPS) is 14.2. The van der Waals surface area contributed by atoms with E-state index in [9.17, 15) is 0 Å². The van der Waals surface area contributed by atoms with E-state index in [1.165, 1.54) is 11.1 Å². The summed E-state index contributed by atoms with van der Waals surface area (Å²) in [5.74, 6) is 0. The summed E-state index contributed by atoms with van der Waals surface area (Å²) in [5.41, 5.74) is 3.56. The van der Waals surface area contributed by atoms with Gasteiger partial charge < -0.3 is 0 Å². The lowest BCUT2D eigenvalue weighted by atomic mass is 10.1. The molecule has 12 heavy (non-hydrogen) atoms. The van der Waals surface area contributed by atoms with Crippen molar-refractivity contribution >= 4 is 5.70 Å². The fraction of sp³-hybridized carbons (Fsp3) is 0.0909. The van der Waals surface area contributed by atoms with E-state index in [0.29, 0.717) is 0 Å². The SMILES string of the molecule is Cc1ccccc1C1=CC=C[N]1. The predicted molar refractivity (Wildman–Crippen MR) is 50.4 cm³/mol. The van der Waals surface area contributed by atoms with Gasteiger partial charge in [-0.15, -0.1) is 0 Å². The maximum Gasteiger partial charge on any atom is 0.0705 e. The molecule has 1 aliphatic rings. The smallest absolute Gasteiger partial charge is 0.0705 e. The van der Waals surface area contributed by atoms with E-state index >= 15 is 0 Å². The zero-order chi connectivity index (χ0) is 8.39. The molecule has 1 nitrogen and oxygen atoms in total. The molecule has 0 aliphatic carbocycles. The fourth-order valence-corrected chi connectivity index (χ4v) is 1.32. The van der Waals surface area contributed by atoms with Gasteiger partial charge >= 0.3 is 0 Å². The maximum atomic E-state index is 4.25. The molecule has 0 aromatic heterocycles. The van der Waals surface area contributed by atoms with Gasteiger partial charge in [0.1, 0.15) is 0 Å². The van der Waals surface area contributed by atoms with Crippen molar-refractivity contribution in [1.29, 1.82) is 0 Å². The third kappa shape index (κ3) is 1.14. The van der Waals surface area contributed by atoms with Gasteiger partial charge in [-0.05, 0) is 24.6 Å². The monoisotopic (exact) mass is 156 g/mol. The lowest BCUT2D eigenvalue weighted by Gasteiger charge is -2.04. The quantitative estimate of drug-likeness (QED) is 0.593. The van der Waals surface area contributed by atoms with Crippen LogP contribution in [0.5, 0.6) is 0 Å². The van der Waals surface area contributed by atoms with Crippen LogP contribution in [0, 0.1) is 6.92 Å². The Labute approximate surface area is 72.4 Å². The first-order valence-electron chi connectivity index (χ1n) is 4.01. The van der Waals surface area contributed by atoms with Gasteiger partial charge in [-0.3, -0.25) is 5.32 Å². The Kier molecular flexibility index (Phi) is 1.71. The average molecular weight is 156 g/mol. The first-order chi connectivity index (χ1) is 5.88. The summed E-state index contributed by atoms with van der Waals surface area (Å²) in [6.07, 6.45) is 5.81. The van der Waals surface area contributed by atoms with Gasteiger partial charge in [-0.2, -0.15) is 0 Å². The molecule has 1 aromatic rings. The van der Waals surface area contributed by atoms with Gasteiger partial charge in [0, 0.05) is 11.8 Å². The molecule has 0 unspecified atom stereocenters. The van der Waals surface area contributed by atoms with Crippen molar-refractivity contribution in [1.82, 2.24) is 5.32 Å². The molecule has 0 amide bonds. The topological polar surface area (TPSA) is 14.1 Å². The Morgan fingerprint density at radius 1 is 1.17 bits per heavy atom. The van der Waals surface area contributed by atoms with E-state index in [-0.39, 0.29) is 0 Å². The van der Waals surface area contributed by atoms with Crippen molar-refractivity contribution < 1.29 is 0 Å². The largest absolute Gasteiger partial charge is 0.256 e. The molecular weight excluding hydrogens is 146 g/mol. The summed E-state index contributed by atoms with van der Waals surface area (Å²) in [5, 5.41) is 4.25. The summed E-state index contributed by atoms with van der Waals surface area (Å²) in [7, 11) is 0. The lowest BCUT2D eigenvalue weighted by molar-refractivity contribution is 1.21. The van der Waals surface area contributed by atoms with Crippen molar-refractivity contribution in [2.75, 3.05) is 0 Å². The van der Waals surface area contributed by atoms with Crippen LogP contribution in [0.2, 0.25) is 0 Å². The number of aryl methyl sites for hydroxylation is 1. The zero-order valence-corrected chi connectivity index (χ0v) is 6.99. The second kappa shape index (κ2) is 2.86. The van der Waals surface area contributed by atoms with Crippen LogP contribution in [0.25, 0.3) is 5.70 Å². The summed E-state index contributed by atoms with van der Waals surface area (Å²) in [6.45, 7) is 2.10. The Bertz CT molecular complexity index is 348. The Balaban J connectivity index is 2.40. The van der Waals surface area contributed by atoms with Crippen LogP contribution in [-0.4, -0.2) is 0 Å². The fourth-order valence-electron chi connectivity index (χ4n) is 1.32. The maximum absolute atomic E-state index is 4.25. The number of rotatable bonds is 1. The van der Waals surface area contributed by atoms with Gasteiger partial charge in [0.05, 0.1) is 5.70 Å². The molecule has 1 radical (unpaired) electrons. The molecule has 0 saturated heterocycles. The molecule has 1 heterocycles. The van der Waals surface area contributed by atoms with Crippen LogP contribution >= 0.6 is 0 Å². The van der Waals surface area contributed by atoms with Crippen molar-refractivity contribution in [2.45, 2.75) is 6.92 Å². The highest BCUT2D eigenvalue weighted by molar-refractivity contribution is 5.70. The van der Waals surface area contributed by atoms with Crippen LogP contribution < -0.4 is 5.32 Å². The second-order valence-electron chi connectivity index (χ2n) is 2.84. The van der Waals surface area contributed by atoms with Gasteiger partial charge in [0.2, 0.25) is 0 Å². The molecule has 1 aromatic carbocycles. The number of allylic oxidation sites excluding steroid dienone is 2. The molecule has 0 spiro atoms. The van der Waals surface area contributed by atoms with Gasteiger partial charge in [-0.1, -0.05) is 24.3 Å². The highest BCUT2D eigenvalue weighted by Crippen LogP contribution is 2.19. The summed E-state index contributed by atoms with van der Waals surface area (Å²) in [4.78, 5) is 0. The third-order valence-electron chi connectivity index (χ3n) is 1.97. The molecule has 0 saturated carbocycles. The van der Waals surface area contributed by atoms with Crippen LogP contribution in [0.3, 0.4) is 0 Å². The summed E-state index contributed by atoms with van der Waals surface area (Å²) < 4.78 is 0. The highest BCUT2D eigenvalue weighted by atomic mass is 14.9. The van der Waals surface area contributed by atoms with Crippen LogP contribution in [0.4, 0.5) is 0 Å². The van der Waals surface area contributed by atoms with E-state index in [2.05, 4.69) is 24.4 Å². The second-order valence-corrected chi connectivity index (χ2v) is 2.84. The average Bonchev–Trinajstić information content (AvgIpc) is 2.57. The molecule has 59 valence electrons. The van der Waals surface area contributed by atoms with E-state index in [1.54, 1.807) is 0 Å². The molecule has 0 bridgehead atoms. The van der Waals surface area contributed by atoms with E-state index in [0.717, 1.165) is 5.70 Å². The first kappa shape index (κ1) is 7.17. The van der Waals surface area contributed by atoms with Crippen molar-refractivity contribution in [3.05, 3.63) is 53.7 Å². The Hall–Kier alpha value is -1.50. The minimum Gasteiger partial charge on any atom is -0.256 e. The van der Waals surface area contributed by atoms with Crippen molar-refractivity contribution in [3.63, 3.8) is 0 Å². The molecule has 1 aliphatic heterocycles. The molecule has 0 atom stereocenters. The Morgan fingerprint density at radius 2 is 2.00 bits per heavy atom. The van der Waals surface area contributed by atoms with E-state index in [1.807, 2.05) is 30.5 Å². The van der Waals surface area contributed by atoms with Gasteiger partial charge in [-0.25, -0.2) is 0 Å². The molecule has 0 fully saturated rings. The van der Waals surface area contributed by atoms with Crippen LogP contribution in [-0.2, 0) is 0 Å². The van der Waals surface area contributed by atoms with E-state index in [4.69, 9.17) is 0 Å². The minimum absolute atomic E-state index is 1.06. The summed E-state index contributed by atoms with van der Waals surface area (Å²) >= 11 is 0. The number of hydrogen-bond acceptors (Lipinski definition) is 0. The zero-order valence-electron chi connectivity index (χ0n) is 6.99. The lowest BCUT2D eigenvalue weighted by Crippen LogP contribution is -1.93. The number of benzene rings is 1. The first-order valence-corrected chi connectivity index (χ1v) is 4.01.